The molecule has 1 rings (SSSR count). The highest BCUT2D eigenvalue weighted by atomic mass is 19.3. The maximum Gasteiger partial charge on any atom is 0.338 e. The highest BCUT2D eigenvalue weighted by Gasteiger charge is 2.20. The summed E-state index contributed by atoms with van der Waals surface area (Å²) in [7, 11) is 0. The summed E-state index contributed by atoms with van der Waals surface area (Å²) in [5.41, 5.74) is 5.03. The second kappa shape index (κ2) is 6.07. The number of rotatable bonds is 4. The van der Waals surface area contributed by atoms with Crippen molar-refractivity contribution >= 4 is 5.97 Å². The van der Waals surface area contributed by atoms with Gasteiger partial charge in [-0.1, -0.05) is 0 Å². The summed E-state index contributed by atoms with van der Waals surface area (Å²) in [5.74, 6) is -0.671. The maximum atomic E-state index is 12.7. The molecular weight excluding hydrogens is 242 g/mol. The molecule has 1 aromatic carbocycles. The van der Waals surface area contributed by atoms with Crippen LogP contribution in [0.15, 0.2) is 12.1 Å². The van der Waals surface area contributed by atoms with Gasteiger partial charge in [0.1, 0.15) is 0 Å². The molecule has 0 amide bonds. The van der Waals surface area contributed by atoms with Crippen LogP contribution in [-0.2, 0) is 11.3 Å². The van der Waals surface area contributed by atoms with E-state index in [1.807, 2.05) is 0 Å². The standard InChI is InChI=1S/C12H12F2N2O2/c1-2-18-12(17)10-4-7(5-15)9(11(13)14)3-8(10)6-16/h3-4,11H,2,6,16H2,1H3. The third-order valence-electron chi connectivity index (χ3n) is 2.35. The Labute approximate surface area is 103 Å². The fourth-order valence-corrected chi connectivity index (χ4v) is 1.51. The Kier molecular flexibility index (Phi) is 4.75. The van der Waals surface area contributed by atoms with Gasteiger partial charge >= 0.3 is 5.97 Å². The van der Waals surface area contributed by atoms with Gasteiger partial charge in [-0.2, -0.15) is 5.26 Å². The predicted molar refractivity (Wildman–Crippen MR) is 60.0 cm³/mol. The van der Waals surface area contributed by atoms with Crippen LogP contribution in [0.5, 0.6) is 0 Å². The van der Waals surface area contributed by atoms with Crippen molar-refractivity contribution in [2.45, 2.75) is 19.9 Å². The maximum absolute atomic E-state index is 12.7. The van der Waals surface area contributed by atoms with Crippen molar-refractivity contribution in [3.05, 3.63) is 34.4 Å². The van der Waals surface area contributed by atoms with E-state index in [9.17, 15) is 13.6 Å². The zero-order valence-corrected chi connectivity index (χ0v) is 9.74. The molecule has 4 nitrogen and oxygen atoms in total. The molecule has 0 aliphatic heterocycles. The van der Waals surface area contributed by atoms with Crippen molar-refractivity contribution in [3.63, 3.8) is 0 Å². The smallest absolute Gasteiger partial charge is 0.338 e. The van der Waals surface area contributed by atoms with Gasteiger partial charge in [0.2, 0.25) is 0 Å². The molecule has 0 unspecified atom stereocenters. The van der Waals surface area contributed by atoms with E-state index in [1.165, 1.54) is 0 Å². The molecule has 2 N–H and O–H groups in total. The van der Waals surface area contributed by atoms with Crippen molar-refractivity contribution < 1.29 is 18.3 Å². The monoisotopic (exact) mass is 254 g/mol. The molecule has 0 aliphatic carbocycles. The van der Waals surface area contributed by atoms with E-state index in [1.54, 1.807) is 13.0 Å². The van der Waals surface area contributed by atoms with E-state index in [4.69, 9.17) is 15.7 Å². The molecule has 18 heavy (non-hydrogen) atoms. The number of hydrogen-bond donors (Lipinski definition) is 1. The van der Waals surface area contributed by atoms with Gasteiger partial charge in [-0.3, -0.25) is 0 Å². The predicted octanol–water partition coefficient (Wildman–Crippen LogP) is 2.13. The Balaban J connectivity index is 3.36. The average Bonchev–Trinajstić information content (AvgIpc) is 2.37. The number of nitrogens with two attached hydrogens (primary N) is 1. The second-order valence-corrected chi connectivity index (χ2v) is 3.43. The van der Waals surface area contributed by atoms with Gasteiger partial charge < -0.3 is 10.5 Å². The van der Waals surface area contributed by atoms with Crippen LogP contribution in [-0.4, -0.2) is 12.6 Å². The van der Waals surface area contributed by atoms with Crippen molar-refractivity contribution in [2.24, 2.45) is 5.73 Å². The normalized spacial score (nSPS) is 10.2. The molecule has 0 spiro atoms. The second-order valence-electron chi connectivity index (χ2n) is 3.43. The van der Waals surface area contributed by atoms with Crippen LogP contribution >= 0.6 is 0 Å². The number of esters is 1. The first kappa shape index (κ1) is 14.1. The van der Waals surface area contributed by atoms with Crippen LogP contribution in [0.2, 0.25) is 0 Å². The lowest BCUT2D eigenvalue weighted by Gasteiger charge is -2.11. The van der Waals surface area contributed by atoms with Crippen LogP contribution in [0.3, 0.4) is 0 Å². The van der Waals surface area contributed by atoms with E-state index in [2.05, 4.69) is 0 Å². The van der Waals surface area contributed by atoms with Crippen molar-refractivity contribution in [2.75, 3.05) is 6.61 Å². The number of alkyl halides is 2. The zero-order valence-electron chi connectivity index (χ0n) is 9.74. The number of carbonyl (C=O) groups is 1. The van der Waals surface area contributed by atoms with E-state index in [0.717, 1.165) is 12.1 Å². The Hall–Kier alpha value is -2.00. The summed E-state index contributed by atoms with van der Waals surface area (Å²) in [6.45, 7) is 1.69. The average molecular weight is 254 g/mol. The van der Waals surface area contributed by atoms with Gasteiger partial charge in [0.25, 0.3) is 6.43 Å². The molecule has 6 heteroatoms. The largest absolute Gasteiger partial charge is 0.462 e. The number of hydrogen-bond acceptors (Lipinski definition) is 4. The van der Waals surface area contributed by atoms with E-state index in [0.29, 0.717) is 0 Å². The van der Waals surface area contributed by atoms with Crippen LogP contribution in [0.4, 0.5) is 8.78 Å². The fraction of sp³-hybridized carbons (Fsp3) is 0.333. The minimum atomic E-state index is -2.79. The number of halogens is 2. The summed E-state index contributed by atoms with van der Waals surface area (Å²) in [4.78, 5) is 11.6. The molecule has 0 radical (unpaired) electrons. The Morgan fingerprint density at radius 2 is 2.22 bits per heavy atom. The number of benzene rings is 1. The highest BCUT2D eigenvalue weighted by Crippen LogP contribution is 2.26. The quantitative estimate of drug-likeness (QED) is 0.835. The number of nitrogens with zero attached hydrogens (tertiary/aromatic N) is 1. The summed E-state index contributed by atoms with van der Waals surface area (Å²) in [6, 6.07) is 3.81. The van der Waals surface area contributed by atoms with Crippen molar-refractivity contribution in [1.82, 2.24) is 0 Å². The van der Waals surface area contributed by atoms with Crippen LogP contribution < -0.4 is 5.73 Å². The summed E-state index contributed by atoms with van der Waals surface area (Å²) in [6.07, 6.45) is -2.79. The van der Waals surface area contributed by atoms with E-state index >= 15 is 0 Å². The first-order valence-corrected chi connectivity index (χ1v) is 5.27. The number of nitriles is 1. The Morgan fingerprint density at radius 3 is 2.67 bits per heavy atom. The van der Waals surface area contributed by atoms with Gasteiger partial charge in [0.05, 0.1) is 23.8 Å². The third-order valence-corrected chi connectivity index (χ3v) is 2.35. The Morgan fingerprint density at radius 1 is 1.56 bits per heavy atom. The van der Waals surface area contributed by atoms with Crippen LogP contribution in [0, 0.1) is 11.3 Å². The lowest BCUT2D eigenvalue weighted by atomic mass is 9.99. The lowest BCUT2D eigenvalue weighted by molar-refractivity contribution is 0.0524. The van der Waals surface area contributed by atoms with Gasteiger partial charge in [0, 0.05) is 12.1 Å². The third kappa shape index (κ3) is 2.81. The van der Waals surface area contributed by atoms with Crippen LogP contribution in [0.25, 0.3) is 0 Å². The fourth-order valence-electron chi connectivity index (χ4n) is 1.51. The minimum absolute atomic E-state index is 0.0558. The molecule has 0 saturated heterocycles. The number of carbonyl (C=O) groups excluding carboxylic acids is 1. The lowest BCUT2D eigenvalue weighted by Crippen LogP contribution is -2.12. The topological polar surface area (TPSA) is 76.1 Å². The zero-order chi connectivity index (χ0) is 13.7. The molecule has 1 aromatic rings. The molecule has 0 saturated carbocycles. The molecule has 0 fully saturated rings. The molecule has 0 aromatic heterocycles. The van der Waals surface area contributed by atoms with Crippen molar-refractivity contribution in [1.29, 1.82) is 5.26 Å². The van der Waals surface area contributed by atoms with Gasteiger partial charge in [-0.05, 0) is 24.6 Å². The molecule has 0 bridgehead atoms. The van der Waals surface area contributed by atoms with Gasteiger partial charge in [0.15, 0.2) is 0 Å². The minimum Gasteiger partial charge on any atom is -0.462 e. The van der Waals surface area contributed by atoms with Gasteiger partial charge in [-0.15, -0.1) is 0 Å². The molecule has 0 atom stereocenters. The SMILES string of the molecule is CCOC(=O)c1cc(C#N)c(C(F)F)cc1CN. The first-order chi connectivity index (χ1) is 8.54. The van der Waals surface area contributed by atoms with Gasteiger partial charge in [-0.25, -0.2) is 13.6 Å². The van der Waals surface area contributed by atoms with E-state index in [-0.39, 0.29) is 29.8 Å². The van der Waals surface area contributed by atoms with E-state index < -0.39 is 18.0 Å². The summed E-state index contributed by atoms with van der Waals surface area (Å²) >= 11 is 0. The highest BCUT2D eigenvalue weighted by molar-refractivity contribution is 5.91. The molecule has 96 valence electrons. The Bertz CT molecular complexity index is 496. The summed E-state index contributed by atoms with van der Waals surface area (Å²) in [5, 5.41) is 8.80. The van der Waals surface area contributed by atoms with Crippen molar-refractivity contribution in [3.8, 4) is 6.07 Å². The molecular formula is C12H12F2N2O2. The van der Waals surface area contributed by atoms with Crippen LogP contribution in [0.1, 0.15) is 40.4 Å². The first-order valence-electron chi connectivity index (χ1n) is 5.27. The number of ether oxygens (including phenoxy) is 1. The molecule has 0 heterocycles. The summed E-state index contributed by atoms with van der Waals surface area (Å²) < 4.78 is 30.2. The molecule has 0 aliphatic rings.